The van der Waals surface area contributed by atoms with Gasteiger partial charge in [0.25, 0.3) is 0 Å². The molecular weight excluding hydrogens is 146 g/mol. The highest BCUT2D eigenvalue weighted by Gasteiger charge is 1.93. The van der Waals surface area contributed by atoms with Crippen molar-refractivity contribution in [2.45, 2.75) is 26.2 Å². The van der Waals surface area contributed by atoms with Crippen molar-refractivity contribution in [2.75, 3.05) is 0 Å². The average molecular weight is 161 g/mol. The van der Waals surface area contributed by atoms with Gasteiger partial charge in [-0.1, -0.05) is 24.3 Å². The van der Waals surface area contributed by atoms with E-state index in [0.717, 1.165) is 19.3 Å². The Labute approximate surface area is 74.2 Å². The van der Waals surface area contributed by atoms with E-state index < -0.39 is 0 Å². The lowest BCUT2D eigenvalue weighted by molar-refractivity contribution is 1.03. The molecule has 0 N–H and O–H groups in total. The molecule has 0 heterocycles. The molecule has 12 heavy (non-hydrogen) atoms. The third-order valence-corrected chi connectivity index (χ3v) is 1.76. The Hall–Kier alpha value is -1.11. The molecule has 0 amide bonds. The van der Waals surface area contributed by atoms with Gasteiger partial charge in [0.2, 0.25) is 0 Å². The molecule has 0 aromatic rings. The van der Waals surface area contributed by atoms with Crippen LogP contribution in [-0.4, -0.2) is 6.21 Å². The van der Waals surface area contributed by atoms with Crippen molar-refractivity contribution in [3.8, 4) is 0 Å². The molecule has 64 valence electrons. The van der Waals surface area contributed by atoms with Crippen LogP contribution in [0.15, 0.2) is 41.1 Å². The summed E-state index contributed by atoms with van der Waals surface area (Å²) in [6.45, 7) is 1.97. The summed E-state index contributed by atoms with van der Waals surface area (Å²) in [5, 5.41) is 0. The van der Waals surface area contributed by atoms with Crippen LogP contribution in [-0.2, 0) is 0 Å². The highest BCUT2D eigenvalue weighted by molar-refractivity contribution is 5.79. The third-order valence-electron chi connectivity index (χ3n) is 1.76. The SMILES string of the molecule is C/C=C\N=CC1=CCC=CCC1. The van der Waals surface area contributed by atoms with E-state index in [4.69, 9.17) is 0 Å². The lowest BCUT2D eigenvalue weighted by Crippen LogP contribution is -1.82. The predicted octanol–water partition coefficient (Wildman–Crippen LogP) is 3.26. The highest BCUT2D eigenvalue weighted by atomic mass is 14.7. The van der Waals surface area contributed by atoms with Crippen LogP contribution in [0.3, 0.4) is 0 Å². The van der Waals surface area contributed by atoms with Gasteiger partial charge in [-0.3, -0.25) is 4.99 Å². The van der Waals surface area contributed by atoms with E-state index in [0.29, 0.717) is 0 Å². The van der Waals surface area contributed by atoms with Crippen LogP contribution in [0, 0.1) is 0 Å². The molecule has 0 aromatic heterocycles. The summed E-state index contributed by atoms with van der Waals surface area (Å²) in [5.74, 6) is 0. The summed E-state index contributed by atoms with van der Waals surface area (Å²) in [6, 6.07) is 0. The molecule has 1 heteroatoms. The van der Waals surface area contributed by atoms with Gasteiger partial charge < -0.3 is 0 Å². The smallest absolute Gasteiger partial charge is 0.0296 e. The minimum absolute atomic E-state index is 1.05. The maximum atomic E-state index is 4.15. The van der Waals surface area contributed by atoms with Crippen molar-refractivity contribution in [3.05, 3.63) is 36.1 Å². The Morgan fingerprint density at radius 2 is 2.33 bits per heavy atom. The van der Waals surface area contributed by atoms with Crippen LogP contribution >= 0.6 is 0 Å². The first-order valence-electron chi connectivity index (χ1n) is 4.42. The van der Waals surface area contributed by atoms with Gasteiger partial charge in [-0.15, -0.1) is 0 Å². The summed E-state index contributed by atoms with van der Waals surface area (Å²) < 4.78 is 0. The molecule has 0 bridgehead atoms. The van der Waals surface area contributed by atoms with Crippen LogP contribution in [0.25, 0.3) is 0 Å². The lowest BCUT2D eigenvalue weighted by atomic mass is 10.1. The van der Waals surface area contributed by atoms with E-state index >= 15 is 0 Å². The van der Waals surface area contributed by atoms with Gasteiger partial charge in [-0.05, 0) is 31.8 Å². The predicted molar refractivity (Wildman–Crippen MR) is 54.4 cm³/mol. The molecule has 0 unspecified atom stereocenters. The number of aliphatic imine (C=N–C) groups is 1. The lowest BCUT2D eigenvalue weighted by Gasteiger charge is -1.93. The van der Waals surface area contributed by atoms with Gasteiger partial charge in [-0.2, -0.15) is 0 Å². The van der Waals surface area contributed by atoms with Gasteiger partial charge in [-0.25, -0.2) is 0 Å². The van der Waals surface area contributed by atoms with Crippen molar-refractivity contribution >= 4 is 6.21 Å². The maximum absolute atomic E-state index is 4.15. The first-order valence-corrected chi connectivity index (χ1v) is 4.42. The number of rotatable bonds is 2. The first-order chi connectivity index (χ1) is 5.93. The summed E-state index contributed by atoms with van der Waals surface area (Å²) in [6.07, 6.45) is 15.7. The first kappa shape index (κ1) is 8.98. The second-order valence-corrected chi connectivity index (χ2v) is 2.79. The Balaban J connectivity index is 2.46. The number of hydrogen-bond acceptors (Lipinski definition) is 1. The Bertz CT molecular complexity index is 231. The molecule has 0 saturated heterocycles. The Kier molecular flexibility index (Phi) is 4.14. The molecule has 0 saturated carbocycles. The highest BCUT2D eigenvalue weighted by Crippen LogP contribution is 2.09. The van der Waals surface area contributed by atoms with E-state index in [1.54, 1.807) is 0 Å². The van der Waals surface area contributed by atoms with Crippen molar-refractivity contribution in [3.63, 3.8) is 0 Å². The fourth-order valence-corrected chi connectivity index (χ4v) is 1.13. The maximum Gasteiger partial charge on any atom is 0.0296 e. The molecule has 0 aromatic carbocycles. The molecule has 0 fully saturated rings. The molecule has 1 aliphatic rings. The van der Waals surface area contributed by atoms with Gasteiger partial charge in [0, 0.05) is 12.4 Å². The summed E-state index contributed by atoms with van der Waals surface area (Å²) in [4.78, 5) is 4.15. The van der Waals surface area contributed by atoms with Crippen molar-refractivity contribution in [2.24, 2.45) is 4.99 Å². The largest absolute Gasteiger partial charge is 0.265 e. The minimum Gasteiger partial charge on any atom is -0.265 e. The van der Waals surface area contributed by atoms with Crippen LogP contribution < -0.4 is 0 Å². The molecule has 0 spiro atoms. The zero-order valence-corrected chi connectivity index (χ0v) is 7.53. The molecule has 0 radical (unpaired) electrons. The van der Waals surface area contributed by atoms with Gasteiger partial charge in [0.05, 0.1) is 0 Å². The number of allylic oxidation sites excluding steroid dienone is 5. The van der Waals surface area contributed by atoms with E-state index in [9.17, 15) is 0 Å². The molecule has 1 aliphatic carbocycles. The second-order valence-electron chi connectivity index (χ2n) is 2.79. The standard InChI is InChI=1S/C11H15N/c1-2-9-12-10-11-7-5-3-4-6-8-11/h2-4,7,9-10H,5-6,8H2,1H3/b9-2-,12-10?. The monoisotopic (exact) mass is 161 g/mol. The summed E-state index contributed by atoms with van der Waals surface area (Å²) in [5.41, 5.74) is 1.35. The van der Waals surface area contributed by atoms with Gasteiger partial charge in [0.1, 0.15) is 0 Å². The fourth-order valence-electron chi connectivity index (χ4n) is 1.13. The second kappa shape index (κ2) is 5.53. The molecule has 1 nitrogen and oxygen atoms in total. The van der Waals surface area contributed by atoms with E-state index in [2.05, 4.69) is 23.2 Å². The van der Waals surface area contributed by atoms with E-state index in [-0.39, 0.29) is 0 Å². The quantitative estimate of drug-likeness (QED) is 0.435. The normalized spacial score (nSPS) is 18.6. The third kappa shape index (κ3) is 3.33. The number of nitrogens with zero attached hydrogens (tertiary/aromatic N) is 1. The molecule has 1 rings (SSSR count). The topological polar surface area (TPSA) is 12.4 Å². The van der Waals surface area contributed by atoms with Crippen LogP contribution in [0.5, 0.6) is 0 Å². The van der Waals surface area contributed by atoms with E-state index in [1.807, 2.05) is 25.4 Å². The van der Waals surface area contributed by atoms with E-state index in [1.165, 1.54) is 5.57 Å². The van der Waals surface area contributed by atoms with Gasteiger partial charge in [0.15, 0.2) is 0 Å². The van der Waals surface area contributed by atoms with Crippen LogP contribution in [0.1, 0.15) is 26.2 Å². The zero-order chi connectivity index (χ0) is 8.65. The van der Waals surface area contributed by atoms with Crippen LogP contribution in [0.2, 0.25) is 0 Å². The average Bonchev–Trinajstić information content (AvgIpc) is 2.33. The molecular formula is C11H15N. The Morgan fingerprint density at radius 3 is 3.17 bits per heavy atom. The van der Waals surface area contributed by atoms with Crippen molar-refractivity contribution in [1.82, 2.24) is 0 Å². The zero-order valence-electron chi connectivity index (χ0n) is 7.53. The molecule has 0 atom stereocenters. The van der Waals surface area contributed by atoms with Gasteiger partial charge >= 0.3 is 0 Å². The van der Waals surface area contributed by atoms with Crippen molar-refractivity contribution < 1.29 is 0 Å². The number of hydrogen-bond donors (Lipinski definition) is 0. The summed E-state index contributed by atoms with van der Waals surface area (Å²) >= 11 is 0. The summed E-state index contributed by atoms with van der Waals surface area (Å²) in [7, 11) is 0. The van der Waals surface area contributed by atoms with Crippen LogP contribution in [0.4, 0.5) is 0 Å². The molecule has 0 aliphatic heterocycles. The Morgan fingerprint density at radius 1 is 1.42 bits per heavy atom. The van der Waals surface area contributed by atoms with Crippen molar-refractivity contribution in [1.29, 1.82) is 0 Å². The minimum atomic E-state index is 1.05. The fraction of sp³-hybridized carbons (Fsp3) is 0.364.